The molecule has 1 atom stereocenters. The van der Waals surface area contributed by atoms with Crippen LogP contribution < -0.4 is 5.73 Å². The van der Waals surface area contributed by atoms with Crippen LogP contribution in [-0.4, -0.2) is 49.2 Å². The molecule has 1 aromatic heterocycles. The zero-order chi connectivity index (χ0) is 18.8. The Balaban J connectivity index is -0.000000307. The Morgan fingerprint density at radius 3 is 2.04 bits per heavy atom. The van der Waals surface area contributed by atoms with Gasteiger partial charge in [0.05, 0.1) is 6.33 Å². The number of H-pyrrole nitrogens is 1. The molecule has 1 rings (SSSR count). The van der Waals surface area contributed by atoms with E-state index in [4.69, 9.17) is 40.8 Å². The number of hydrogen-bond acceptors (Lipinski definition) is 8. The number of aryl methyl sites for hydroxylation is 1. The van der Waals surface area contributed by atoms with E-state index in [1.54, 1.807) is 31.3 Å². The van der Waals surface area contributed by atoms with Gasteiger partial charge in [0.1, 0.15) is 6.04 Å². The van der Waals surface area contributed by atoms with Crippen LogP contribution in [0.4, 0.5) is 0 Å². The normalized spacial score (nSPS) is 9.39. The predicted molar refractivity (Wildman–Crippen MR) is 72.8 cm³/mol. The molecule has 0 amide bonds. The molecule has 23 heavy (non-hydrogen) atoms. The third kappa shape index (κ3) is 20.0. The molecule has 0 aliphatic heterocycles. The van der Waals surface area contributed by atoms with Crippen molar-refractivity contribution in [2.45, 2.75) is 18.9 Å². The molecule has 0 radical (unpaired) electrons. The summed E-state index contributed by atoms with van der Waals surface area (Å²) in [6.07, 6.45) is 4.27. The van der Waals surface area contributed by atoms with Crippen molar-refractivity contribution in [3.05, 3.63) is 28.3 Å². The van der Waals surface area contributed by atoms with Crippen LogP contribution in [0.3, 0.4) is 0 Å². The monoisotopic (exact) mass is 535 g/mol. The van der Waals surface area contributed by atoms with Crippen LogP contribution in [0.1, 0.15) is 12.1 Å². The zero-order valence-corrected chi connectivity index (χ0v) is 14.2. The number of rotatable bonds is 4. The van der Waals surface area contributed by atoms with Crippen LogP contribution in [0.25, 0.3) is 0 Å². The summed E-state index contributed by atoms with van der Waals surface area (Å²) in [5, 5.41) is 32.2. The molecule has 1 heterocycles. The zero-order valence-electron chi connectivity index (χ0n) is 11.2. The van der Waals surface area contributed by atoms with Gasteiger partial charge in [0.15, 0.2) is 0 Å². The van der Waals surface area contributed by atoms with E-state index in [0.29, 0.717) is 12.8 Å². The van der Waals surface area contributed by atoms with E-state index < -0.39 is 23.9 Å². The average molecular weight is 536 g/mol. The van der Waals surface area contributed by atoms with Gasteiger partial charge in [0.25, 0.3) is 0 Å². The number of nitrogens with two attached hydrogens (primary N) is 1. The molecule has 1 aromatic rings. The summed E-state index contributed by atoms with van der Waals surface area (Å²) in [4.78, 5) is 43.2. The van der Waals surface area contributed by atoms with Gasteiger partial charge in [-0.25, -0.2) is 14.6 Å². The number of carboxylic acid groups (broad SMARTS) is 3. The van der Waals surface area contributed by atoms with Crippen molar-refractivity contribution in [3.63, 3.8) is 0 Å². The van der Waals surface area contributed by atoms with Crippen molar-refractivity contribution >= 4 is 27.3 Å². The van der Waals surface area contributed by atoms with Gasteiger partial charge in [-0.3, -0.25) is 4.79 Å². The summed E-state index contributed by atoms with van der Waals surface area (Å²) in [5.74, 6) is -4.61. The number of carboxylic acids is 3. The van der Waals surface area contributed by atoms with E-state index in [1.807, 2.05) is 0 Å². The summed E-state index contributed by atoms with van der Waals surface area (Å²) in [6.45, 7) is 0. The molecule has 0 aliphatic carbocycles. The first-order chi connectivity index (χ1) is 10.8. The van der Waals surface area contributed by atoms with Crippen molar-refractivity contribution in [2.24, 2.45) is 11.1 Å². The van der Waals surface area contributed by atoms with Gasteiger partial charge in [-0.15, -0.1) is 5.34 Å². The number of aromatic nitrogens is 2. The summed E-state index contributed by atoms with van der Waals surface area (Å²) >= 11 is 1.61. The van der Waals surface area contributed by atoms with E-state index in [1.165, 1.54) is 0 Å². The predicted octanol–water partition coefficient (Wildman–Crippen LogP) is -0.153. The molecule has 0 aliphatic rings. The van der Waals surface area contributed by atoms with Crippen molar-refractivity contribution < 1.29 is 48.5 Å². The second-order valence-electron chi connectivity index (χ2n) is 3.25. The van der Waals surface area contributed by atoms with Crippen LogP contribution in [0.2, 0.25) is 0 Å². The van der Waals surface area contributed by atoms with Gasteiger partial charge in [0.2, 0.25) is 0 Å². The first-order valence-electron chi connectivity index (χ1n) is 5.25. The summed E-state index contributed by atoms with van der Waals surface area (Å²) in [7, 11) is 4.61. The number of aromatic amines is 1. The number of halogens is 1. The minimum absolute atomic E-state index is 0.428. The van der Waals surface area contributed by atoms with Crippen LogP contribution in [0.15, 0.2) is 17.9 Å². The van der Waals surface area contributed by atoms with Gasteiger partial charge >= 0.3 is 46.1 Å². The second-order valence-corrected chi connectivity index (χ2v) is 3.25. The molecule has 0 saturated heterocycles. The molecule has 0 fully saturated rings. The van der Waals surface area contributed by atoms with Gasteiger partial charge in [-0.05, 0) is 12.8 Å². The average Bonchev–Trinajstić information content (AvgIpc) is 3.01. The van der Waals surface area contributed by atoms with E-state index >= 15 is 0 Å². The maximum atomic E-state index is 10.3. The van der Waals surface area contributed by atoms with Crippen molar-refractivity contribution in [3.8, 4) is 0 Å². The fraction of sp³-hybridized carbons (Fsp3) is 0.333. The molecule has 0 bridgehead atoms. The SMILES string of the molecule is NC(CCc1cnc[nH]1)C(=O)O.O=C(O)C(=O)O.O=N[O-].[Cl][Pt]. The Bertz CT molecular complexity index is 446. The van der Waals surface area contributed by atoms with Gasteiger partial charge < -0.3 is 36.2 Å². The first kappa shape index (κ1) is 25.9. The third-order valence-electron chi connectivity index (χ3n) is 1.78. The van der Waals surface area contributed by atoms with Crippen LogP contribution >= 0.6 is 9.42 Å². The number of hydrogen-bond donors (Lipinski definition) is 5. The maximum absolute atomic E-state index is 10.3. The molecule has 0 aromatic carbocycles. The van der Waals surface area contributed by atoms with Crippen molar-refractivity contribution in [2.75, 3.05) is 0 Å². The Morgan fingerprint density at radius 1 is 1.35 bits per heavy atom. The number of nitrogens with zero attached hydrogens (tertiary/aromatic N) is 2. The summed E-state index contributed by atoms with van der Waals surface area (Å²) in [5.41, 5.74) is 6.21. The Labute approximate surface area is 144 Å². The number of nitrogens with one attached hydrogen (secondary N) is 1. The molecule has 135 valence electrons. The second kappa shape index (κ2) is 18.0. The van der Waals surface area contributed by atoms with E-state index in [-0.39, 0.29) is 0 Å². The van der Waals surface area contributed by atoms with Crippen LogP contribution in [-0.2, 0) is 39.6 Å². The van der Waals surface area contributed by atoms with Gasteiger partial charge in [0, 0.05) is 11.9 Å². The molecular weight excluding hydrogens is 523 g/mol. The van der Waals surface area contributed by atoms with Crippen LogP contribution in [0.5, 0.6) is 0 Å². The summed E-state index contributed by atoms with van der Waals surface area (Å²) < 4.78 is 0. The molecule has 0 saturated carbocycles. The molecule has 0 spiro atoms. The van der Waals surface area contributed by atoms with Crippen LogP contribution in [0, 0.1) is 10.1 Å². The quantitative estimate of drug-likeness (QED) is 0.195. The van der Waals surface area contributed by atoms with Crippen molar-refractivity contribution in [1.29, 1.82) is 0 Å². The number of carbonyl (C=O) groups is 3. The first-order valence-corrected chi connectivity index (χ1v) is 8.06. The fourth-order valence-electron chi connectivity index (χ4n) is 0.856. The number of imidazole rings is 1. The van der Waals surface area contributed by atoms with E-state index in [2.05, 4.69) is 19.4 Å². The summed E-state index contributed by atoms with van der Waals surface area (Å²) in [6, 6.07) is -0.784. The van der Waals surface area contributed by atoms with E-state index in [9.17, 15) is 4.79 Å². The molecule has 14 heteroatoms. The number of aliphatic carboxylic acids is 3. The Hall–Kier alpha value is -2.04. The van der Waals surface area contributed by atoms with Gasteiger partial charge in [-0.1, -0.05) is 0 Å². The molecule has 6 N–H and O–H groups in total. The minimum atomic E-state index is -1.82. The van der Waals surface area contributed by atoms with Crippen molar-refractivity contribution in [1.82, 2.24) is 9.97 Å². The van der Waals surface area contributed by atoms with E-state index in [0.717, 1.165) is 11.0 Å². The molecule has 12 nitrogen and oxygen atoms in total. The molecular formula is C9H13ClN4O8Pt-. The standard InChI is InChI=1S/C7H11N3O2.C2H2O4.ClH.HNO2.Pt/c8-6(7(11)12)2-1-5-3-9-4-10-5;3-1(4)2(5)6;;2-1-3;/h3-4,6H,1-2,8H2,(H,9,10)(H,11,12);(H,3,4)(H,5,6);1H;(H,2,3);/q;;;;+1/p-2. The fourth-order valence-corrected chi connectivity index (χ4v) is 0.856. The topological polar surface area (TPSA) is 219 Å². The Morgan fingerprint density at radius 2 is 1.78 bits per heavy atom. The van der Waals surface area contributed by atoms with Gasteiger partial charge in [-0.2, -0.15) is 0 Å². The third-order valence-corrected chi connectivity index (χ3v) is 1.78. The Kier molecular flexibility index (Phi) is 20.3. The molecule has 1 unspecified atom stereocenters.